The van der Waals surface area contributed by atoms with Gasteiger partial charge in [-0.25, -0.2) is 22.0 Å². The second-order valence-electron chi connectivity index (χ2n) is 11.5. The van der Waals surface area contributed by atoms with E-state index < -0.39 is 58.6 Å². The average molecular weight is 719 g/mol. The Morgan fingerprint density at radius 2 is 1.12 bits per heavy atom. The molecule has 0 N–H and O–H groups in total. The molecule has 5 rings (SSSR count). The van der Waals surface area contributed by atoms with E-state index in [1.807, 2.05) is 24.3 Å². The van der Waals surface area contributed by atoms with Crippen molar-refractivity contribution in [2.75, 3.05) is 0 Å². The molecular weight excluding hydrogens is 690 g/mol. The van der Waals surface area contributed by atoms with Gasteiger partial charge in [-0.15, -0.1) is 13.2 Å². The van der Waals surface area contributed by atoms with Crippen molar-refractivity contribution in [1.82, 2.24) is 0 Å². The Kier molecular flexibility index (Phi) is 11.1. The van der Waals surface area contributed by atoms with Crippen molar-refractivity contribution in [3.8, 4) is 44.9 Å². The number of unbranched alkanes of at least 4 members (excludes halogenated alkanes) is 2. The van der Waals surface area contributed by atoms with Crippen LogP contribution in [0.4, 0.5) is 43.9 Å². The number of hydrogen-bond acceptors (Lipinski definition) is 2. The highest BCUT2D eigenvalue weighted by atomic mass is 19.4. The summed E-state index contributed by atoms with van der Waals surface area (Å²) in [5.74, 6) is -7.83. The van der Waals surface area contributed by atoms with E-state index in [1.165, 1.54) is 12.1 Å². The van der Waals surface area contributed by atoms with Crippen molar-refractivity contribution >= 4 is 6.08 Å². The molecule has 0 radical (unpaired) electrons. The molecule has 0 bridgehead atoms. The highest BCUT2D eigenvalue weighted by Crippen LogP contribution is 2.35. The number of aryl methyl sites for hydroxylation is 1. The molecule has 0 aliphatic carbocycles. The van der Waals surface area contributed by atoms with Crippen LogP contribution in [0.5, 0.6) is 11.5 Å². The van der Waals surface area contributed by atoms with Crippen molar-refractivity contribution in [3.05, 3.63) is 137 Å². The quantitative estimate of drug-likeness (QED) is 0.0945. The molecule has 0 fully saturated rings. The van der Waals surface area contributed by atoms with E-state index in [0.29, 0.717) is 29.8 Å². The first-order valence-electron chi connectivity index (χ1n) is 15.6. The van der Waals surface area contributed by atoms with E-state index >= 15 is 4.39 Å². The number of alkyl halides is 5. The van der Waals surface area contributed by atoms with Gasteiger partial charge in [-0.1, -0.05) is 62.2 Å². The van der Waals surface area contributed by atoms with Gasteiger partial charge in [0.1, 0.15) is 29.0 Å². The second kappa shape index (κ2) is 15.3. The van der Waals surface area contributed by atoms with Gasteiger partial charge in [-0.2, -0.15) is 8.78 Å². The fraction of sp³-hybridized carbons (Fsp3) is 0.179. The number of ether oxygens (including phenoxy) is 2. The van der Waals surface area contributed by atoms with Crippen molar-refractivity contribution in [2.24, 2.45) is 0 Å². The van der Waals surface area contributed by atoms with Gasteiger partial charge >= 0.3 is 12.5 Å². The zero-order valence-electron chi connectivity index (χ0n) is 26.7. The minimum absolute atomic E-state index is 0.0270. The standard InChI is InChI=1S/C39H28F10O2/c1-2-3-4-5-23-6-8-24(9-7-23)25-10-13-30(32(40)18-25)27-20-33(41)31(34(42)21-27)16-17-38(45,46)50-28-12-14-29(35(43)22-28)26-11-15-37(36(44)19-26)51-39(47,48)49/h6-22H,2-5H2,1H3/b17-16+. The summed E-state index contributed by atoms with van der Waals surface area (Å²) in [6.45, 7) is 2.12. The third kappa shape index (κ3) is 9.50. The minimum Gasteiger partial charge on any atom is -0.429 e. The predicted octanol–water partition coefficient (Wildman–Crippen LogP) is 12.7. The Balaban J connectivity index is 1.28. The summed E-state index contributed by atoms with van der Waals surface area (Å²) in [4.78, 5) is 0. The topological polar surface area (TPSA) is 18.5 Å². The fourth-order valence-electron chi connectivity index (χ4n) is 5.31. The number of halogens is 10. The predicted molar refractivity (Wildman–Crippen MR) is 174 cm³/mol. The van der Waals surface area contributed by atoms with E-state index in [-0.39, 0.29) is 28.3 Å². The molecule has 0 spiro atoms. The van der Waals surface area contributed by atoms with E-state index in [4.69, 9.17) is 0 Å². The van der Waals surface area contributed by atoms with Crippen LogP contribution in [0.3, 0.4) is 0 Å². The van der Waals surface area contributed by atoms with Crippen LogP contribution in [0.2, 0.25) is 0 Å². The molecule has 0 amide bonds. The van der Waals surface area contributed by atoms with E-state index in [2.05, 4.69) is 16.4 Å². The van der Waals surface area contributed by atoms with Crippen molar-refractivity contribution in [1.29, 1.82) is 0 Å². The number of hydrogen-bond donors (Lipinski definition) is 0. The lowest BCUT2D eigenvalue weighted by Crippen LogP contribution is -2.21. The molecule has 0 heterocycles. The Morgan fingerprint density at radius 3 is 1.73 bits per heavy atom. The van der Waals surface area contributed by atoms with Gasteiger partial charge < -0.3 is 9.47 Å². The molecule has 266 valence electrons. The first-order valence-corrected chi connectivity index (χ1v) is 15.6. The van der Waals surface area contributed by atoms with Crippen LogP contribution >= 0.6 is 0 Å². The highest BCUT2D eigenvalue weighted by molar-refractivity contribution is 5.72. The van der Waals surface area contributed by atoms with Crippen LogP contribution in [0.1, 0.15) is 37.3 Å². The highest BCUT2D eigenvalue weighted by Gasteiger charge is 2.33. The largest absolute Gasteiger partial charge is 0.573 e. The molecule has 0 aliphatic heterocycles. The second-order valence-corrected chi connectivity index (χ2v) is 11.5. The molecule has 0 saturated heterocycles. The van der Waals surface area contributed by atoms with Crippen LogP contribution in [0.15, 0.2) is 97.1 Å². The molecule has 0 saturated carbocycles. The SMILES string of the molecule is CCCCCc1ccc(-c2ccc(-c3cc(F)c(/C=C/C(F)(F)Oc4ccc(-c5ccc(OC(F)(F)F)c(F)c5)c(F)c4)c(F)c3)c(F)c2)cc1. The lowest BCUT2D eigenvalue weighted by molar-refractivity contribution is -0.275. The van der Waals surface area contributed by atoms with Gasteiger partial charge in [0.05, 0.1) is 0 Å². The van der Waals surface area contributed by atoms with Gasteiger partial charge in [0.15, 0.2) is 11.6 Å². The first kappa shape index (κ1) is 37.0. The van der Waals surface area contributed by atoms with Crippen molar-refractivity contribution in [2.45, 2.75) is 45.1 Å². The minimum atomic E-state index is -5.17. The maximum atomic E-state index is 15.2. The summed E-state index contributed by atoms with van der Waals surface area (Å²) in [6, 6.07) is 17.9. The Morgan fingerprint density at radius 1 is 0.549 bits per heavy atom. The van der Waals surface area contributed by atoms with Crippen molar-refractivity contribution < 1.29 is 53.4 Å². The molecule has 0 aliphatic rings. The summed E-state index contributed by atoms with van der Waals surface area (Å²) in [6.07, 6.45) is -4.72. The fourth-order valence-corrected chi connectivity index (χ4v) is 5.31. The third-order valence-corrected chi connectivity index (χ3v) is 7.82. The average Bonchev–Trinajstić information content (AvgIpc) is 3.05. The van der Waals surface area contributed by atoms with Gasteiger partial charge in [0.25, 0.3) is 0 Å². The molecule has 0 unspecified atom stereocenters. The van der Waals surface area contributed by atoms with Gasteiger partial charge in [0, 0.05) is 28.8 Å². The Bertz CT molecular complexity index is 2010. The van der Waals surface area contributed by atoms with Crippen LogP contribution in [-0.4, -0.2) is 12.5 Å². The number of benzene rings is 5. The zero-order valence-corrected chi connectivity index (χ0v) is 26.7. The Labute approximate surface area is 286 Å². The van der Waals surface area contributed by atoms with Gasteiger partial charge in [-0.3, -0.25) is 0 Å². The molecule has 12 heteroatoms. The van der Waals surface area contributed by atoms with E-state index in [1.54, 1.807) is 6.07 Å². The van der Waals surface area contributed by atoms with Crippen LogP contribution in [-0.2, 0) is 6.42 Å². The summed E-state index contributed by atoms with van der Waals surface area (Å²) in [5.41, 5.74) is 0.711. The third-order valence-electron chi connectivity index (χ3n) is 7.82. The molecule has 5 aromatic rings. The monoisotopic (exact) mass is 718 g/mol. The maximum Gasteiger partial charge on any atom is 0.573 e. The van der Waals surface area contributed by atoms with Crippen LogP contribution in [0, 0.1) is 29.1 Å². The lowest BCUT2D eigenvalue weighted by atomic mass is 9.97. The molecule has 51 heavy (non-hydrogen) atoms. The summed E-state index contributed by atoms with van der Waals surface area (Å²) < 4.78 is 148. The summed E-state index contributed by atoms with van der Waals surface area (Å²) >= 11 is 0. The molecular formula is C39H28F10O2. The van der Waals surface area contributed by atoms with Crippen LogP contribution < -0.4 is 9.47 Å². The molecule has 5 aromatic carbocycles. The summed E-state index contributed by atoms with van der Waals surface area (Å²) in [5, 5.41) is 0. The van der Waals surface area contributed by atoms with E-state index in [9.17, 15) is 39.5 Å². The smallest absolute Gasteiger partial charge is 0.429 e. The van der Waals surface area contributed by atoms with Crippen LogP contribution in [0.25, 0.3) is 39.5 Å². The van der Waals surface area contributed by atoms with Gasteiger partial charge in [0.2, 0.25) is 0 Å². The number of rotatable bonds is 12. The van der Waals surface area contributed by atoms with E-state index in [0.717, 1.165) is 67.1 Å². The normalized spacial score (nSPS) is 12.1. The zero-order chi connectivity index (χ0) is 36.9. The molecule has 2 nitrogen and oxygen atoms in total. The van der Waals surface area contributed by atoms with Gasteiger partial charge in [-0.05, 0) is 89.2 Å². The lowest BCUT2D eigenvalue weighted by Gasteiger charge is -2.16. The first-order chi connectivity index (χ1) is 24.1. The molecule has 0 atom stereocenters. The Hall–Kier alpha value is -5.26. The van der Waals surface area contributed by atoms with Crippen molar-refractivity contribution in [3.63, 3.8) is 0 Å². The maximum absolute atomic E-state index is 15.2. The summed E-state index contributed by atoms with van der Waals surface area (Å²) in [7, 11) is 0. The molecule has 0 aromatic heterocycles.